The van der Waals surface area contributed by atoms with Gasteiger partial charge in [-0.2, -0.15) is 23.1 Å². The molecule has 2 amide bonds. The lowest BCUT2D eigenvalue weighted by Crippen LogP contribution is -2.24. The molecule has 0 unspecified atom stereocenters. The van der Waals surface area contributed by atoms with Crippen LogP contribution in [0, 0.1) is 5.41 Å². The molecule has 3 aromatic rings. The van der Waals surface area contributed by atoms with Crippen LogP contribution in [0.1, 0.15) is 61.9 Å². The van der Waals surface area contributed by atoms with E-state index >= 15 is 0 Å². The Morgan fingerprint density at radius 1 is 1.09 bits per heavy atom. The second-order valence-corrected chi connectivity index (χ2v) is 9.25. The summed E-state index contributed by atoms with van der Waals surface area (Å²) in [7, 11) is 0. The normalized spacial score (nSPS) is 12.2. The summed E-state index contributed by atoms with van der Waals surface area (Å²) in [5, 5.41) is 13.6. The van der Waals surface area contributed by atoms with Gasteiger partial charge in [-0.05, 0) is 29.5 Å². The lowest BCUT2D eigenvalue weighted by atomic mass is 9.92. The molecule has 0 aliphatic heterocycles. The fraction of sp³-hybridized carbons (Fsp3) is 0.500. The number of hydrogen-bond donors (Lipinski definition) is 3. The lowest BCUT2D eigenvalue weighted by molar-refractivity contribution is -0.144. The Hall–Kier alpha value is -3.44. The molecule has 34 heavy (non-hydrogen) atoms. The molecule has 2 aromatic heterocycles. The number of hydrogen-bond acceptors (Lipinski definition) is 5. The van der Waals surface area contributed by atoms with Crippen molar-refractivity contribution in [3.63, 3.8) is 0 Å². The molecule has 9 nitrogen and oxygen atoms in total. The minimum atomic E-state index is -4.36. The van der Waals surface area contributed by atoms with Crippen LogP contribution in [0.25, 0.3) is 11.0 Å². The Kier molecular flexibility index (Phi) is 7.57. The van der Waals surface area contributed by atoms with E-state index in [0.29, 0.717) is 29.0 Å². The van der Waals surface area contributed by atoms with Crippen molar-refractivity contribution < 1.29 is 22.8 Å². The van der Waals surface area contributed by atoms with Crippen molar-refractivity contribution in [2.24, 2.45) is 5.41 Å². The van der Waals surface area contributed by atoms with Gasteiger partial charge in [-0.15, -0.1) is 5.10 Å². The van der Waals surface area contributed by atoms with Crippen LogP contribution < -0.4 is 10.6 Å². The molecular weight excluding hydrogens is 451 g/mol. The number of rotatable bonds is 9. The molecule has 0 spiro atoms. The van der Waals surface area contributed by atoms with Gasteiger partial charge in [0.2, 0.25) is 5.91 Å². The second-order valence-electron chi connectivity index (χ2n) is 9.25. The van der Waals surface area contributed by atoms with E-state index < -0.39 is 24.9 Å². The minimum Gasteiger partial charge on any atom is -0.352 e. The van der Waals surface area contributed by atoms with Gasteiger partial charge in [-0.1, -0.05) is 26.8 Å². The smallest absolute Gasteiger partial charge is 0.352 e. The highest BCUT2D eigenvalue weighted by Crippen LogP contribution is 2.21. The van der Waals surface area contributed by atoms with Gasteiger partial charge in [0.15, 0.2) is 5.69 Å². The number of halogens is 3. The van der Waals surface area contributed by atoms with E-state index in [9.17, 15) is 22.8 Å². The molecule has 0 aliphatic carbocycles. The van der Waals surface area contributed by atoms with Crippen LogP contribution in [0.2, 0.25) is 0 Å². The predicted octanol–water partition coefficient (Wildman–Crippen LogP) is 3.48. The first-order valence-electron chi connectivity index (χ1n) is 10.9. The van der Waals surface area contributed by atoms with Crippen LogP contribution in [-0.2, 0) is 24.4 Å². The number of carbonyl (C=O) groups excluding carboxylic acids is 2. The predicted molar refractivity (Wildman–Crippen MR) is 118 cm³/mol. The number of benzene rings is 1. The fourth-order valence-corrected chi connectivity index (χ4v) is 3.05. The van der Waals surface area contributed by atoms with Crippen LogP contribution in [-0.4, -0.2) is 43.0 Å². The van der Waals surface area contributed by atoms with Crippen molar-refractivity contribution in [1.29, 1.82) is 0 Å². The fourth-order valence-electron chi connectivity index (χ4n) is 3.05. The van der Waals surface area contributed by atoms with Gasteiger partial charge >= 0.3 is 6.18 Å². The third-order valence-electron chi connectivity index (χ3n) is 4.97. The first kappa shape index (κ1) is 25.2. The number of alkyl halides is 3. The highest BCUT2D eigenvalue weighted by molar-refractivity contribution is 5.91. The van der Waals surface area contributed by atoms with Crippen molar-refractivity contribution in [2.75, 3.05) is 0 Å². The number of aromatic nitrogens is 5. The van der Waals surface area contributed by atoms with E-state index in [0.717, 1.165) is 6.42 Å². The largest absolute Gasteiger partial charge is 0.389 e. The third-order valence-corrected chi connectivity index (χ3v) is 4.97. The summed E-state index contributed by atoms with van der Waals surface area (Å²) in [4.78, 5) is 33.0. The molecule has 0 saturated carbocycles. The maximum absolute atomic E-state index is 12.4. The van der Waals surface area contributed by atoms with Gasteiger partial charge in [0.25, 0.3) is 5.91 Å². The zero-order valence-corrected chi connectivity index (χ0v) is 19.3. The van der Waals surface area contributed by atoms with E-state index in [4.69, 9.17) is 0 Å². The molecule has 0 aliphatic rings. The van der Waals surface area contributed by atoms with Gasteiger partial charge in [0.05, 0.1) is 36.7 Å². The molecule has 1 aromatic carbocycles. The molecular formula is C22H28F3N7O2. The number of aromatic amines is 1. The molecule has 184 valence electrons. The SMILES string of the molecule is CC(C)(C)CCn1ncc(C(=O)NCc2nc3ccc(CNC(=O)CCC(F)(F)F)cc3[nH]2)n1. The molecule has 0 fully saturated rings. The number of carbonyl (C=O) groups is 2. The van der Waals surface area contributed by atoms with Crippen LogP contribution in [0.5, 0.6) is 0 Å². The number of H-pyrrole nitrogens is 1. The van der Waals surface area contributed by atoms with Crippen LogP contribution in [0.4, 0.5) is 13.2 Å². The maximum atomic E-state index is 12.4. The molecule has 3 rings (SSSR count). The Bertz CT molecular complexity index is 1150. The zero-order chi connectivity index (χ0) is 24.9. The molecule has 3 N–H and O–H groups in total. The molecule has 12 heteroatoms. The van der Waals surface area contributed by atoms with E-state index in [2.05, 4.69) is 51.6 Å². The summed E-state index contributed by atoms with van der Waals surface area (Å²) < 4.78 is 36.6. The standard InChI is InChI=1S/C22H28F3N7O2/c1-21(2,3)8-9-32-28-12-17(31-32)20(34)27-13-18-29-15-5-4-14(10-16(15)30-18)11-26-19(33)6-7-22(23,24)25/h4-5,10,12H,6-9,11,13H2,1-3H3,(H,26,33)(H,27,34)(H,29,30). The van der Waals surface area contributed by atoms with E-state index in [1.54, 1.807) is 18.2 Å². The number of amides is 2. The second kappa shape index (κ2) is 10.2. The van der Waals surface area contributed by atoms with Crippen LogP contribution in [0.15, 0.2) is 24.4 Å². The quantitative estimate of drug-likeness (QED) is 0.434. The number of nitrogens with one attached hydrogen (secondary N) is 3. The average Bonchev–Trinajstić information content (AvgIpc) is 3.38. The van der Waals surface area contributed by atoms with Crippen molar-refractivity contribution in [2.45, 2.75) is 65.8 Å². The zero-order valence-electron chi connectivity index (χ0n) is 19.3. The summed E-state index contributed by atoms with van der Waals surface area (Å²) in [5.41, 5.74) is 2.40. The topological polar surface area (TPSA) is 118 Å². The highest BCUT2D eigenvalue weighted by Gasteiger charge is 2.27. The molecule has 2 heterocycles. The van der Waals surface area contributed by atoms with Gasteiger partial charge in [0.1, 0.15) is 5.82 Å². The number of imidazole rings is 1. The monoisotopic (exact) mass is 479 g/mol. The van der Waals surface area contributed by atoms with Crippen molar-refractivity contribution in [3.05, 3.63) is 41.5 Å². The molecule has 0 atom stereocenters. The average molecular weight is 480 g/mol. The van der Waals surface area contributed by atoms with E-state index in [1.807, 2.05) is 0 Å². The lowest BCUT2D eigenvalue weighted by Gasteiger charge is -2.16. The molecule has 0 saturated heterocycles. The van der Waals surface area contributed by atoms with Crippen molar-refractivity contribution in [1.82, 2.24) is 35.6 Å². The minimum absolute atomic E-state index is 0.0998. The summed E-state index contributed by atoms with van der Waals surface area (Å²) in [6.07, 6.45) is -3.82. The Morgan fingerprint density at radius 3 is 2.56 bits per heavy atom. The van der Waals surface area contributed by atoms with Gasteiger partial charge < -0.3 is 15.6 Å². The Balaban J connectivity index is 1.51. The first-order valence-corrected chi connectivity index (χ1v) is 10.9. The summed E-state index contributed by atoms with van der Waals surface area (Å²) >= 11 is 0. The highest BCUT2D eigenvalue weighted by atomic mass is 19.4. The van der Waals surface area contributed by atoms with Crippen molar-refractivity contribution >= 4 is 22.8 Å². The number of fused-ring (bicyclic) bond motifs is 1. The molecule has 0 radical (unpaired) electrons. The van der Waals surface area contributed by atoms with E-state index in [-0.39, 0.29) is 30.1 Å². The number of nitrogens with zero attached hydrogens (tertiary/aromatic N) is 4. The van der Waals surface area contributed by atoms with Gasteiger partial charge in [-0.25, -0.2) is 4.98 Å². The van der Waals surface area contributed by atoms with Gasteiger partial charge in [-0.3, -0.25) is 9.59 Å². The molecule has 0 bridgehead atoms. The van der Waals surface area contributed by atoms with E-state index in [1.165, 1.54) is 11.0 Å². The maximum Gasteiger partial charge on any atom is 0.389 e. The summed E-state index contributed by atoms with van der Waals surface area (Å²) in [6, 6.07) is 5.21. The Morgan fingerprint density at radius 2 is 1.85 bits per heavy atom. The number of aryl methyl sites for hydroxylation is 1. The first-order chi connectivity index (χ1) is 15.9. The Labute approximate surface area is 194 Å². The summed E-state index contributed by atoms with van der Waals surface area (Å²) in [6.45, 7) is 7.22. The van der Waals surface area contributed by atoms with Gasteiger partial charge in [0, 0.05) is 13.0 Å². The third kappa shape index (κ3) is 7.85. The van der Waals surface area contributed by atoms with Crippen molar-refractivity contribution in [3.8, 4) is 0 Å². The summed E-state index contributed by atoms with van der Waals surface area (Å²) in [5.74, 6) is -0.514. The van der Waals surface area contributed by atoms with Crippen LogP contribution >= 0.6 is 0 Å². The van der Waals surface area contributed by atoms with Crippen LogP contribution in [0.3, 0.4) is 0 Å².